The van der Waals surface area contributed by atoms with Crippen LogP contribution in [0.15, 0.2) is 52.9 Å². The highest BCUT2D eigenvalue weighted by Crippen LogP contribution is 2.32. The van der Waals surface area contributed by atoms with Crippen LogP contribution in [0.2, 0.25) is 5.02 Å². The number of anilines is 1. The molecule has 0 unspecified atom stereocenters. The first kappa shape index (κ1) is 20.4. The summed E-state index contributed by atoms with van der Waals surface area (Å²) in [4.78, 5) is 27.2. The SMILES string of the molecule is O=C(COCc1ccccc1Cl)Nc1c(C(=O)N2CCOCC2)oc2ccccc12. The quantitative estimate of drug-likeness (QED) is 0.647. The van der Waals surface area contributed by atoms with Crippen molar-refractivity contribution < 1.29 is 23.5 Å². The summed E-state index contributed by atoms with van der Waals surface area (Å²) in [5, 5.41) is 4.03. The Morgan fingerprint density at radius 2 is 1.80 bits per heavy atom. The molecule has 0 atom stereocenters. The number of para-hydroxylation sites is 1. The predicted octanol–water partition coefficient (Wildman–Crippen LogP) is 3.71. The highest BCUT2D eigenvalue weighted by Gasteiger charge is 2.27. The molecule has 1 aromatic heterocycles. The normalized spacial score (nSPS) is 14.1. The van der Waals surface area contributed by atoms with E-state index < -0.39 is 0 Å². The van der Waals surface area contributed by atoms with Gasteiger partial charge in [0.25, 0.3) is 11.8 Å². The average Bonchev–Trinajstić information content (AvgIpc) is 3.13. The first-order chi connectivity index (χ1) is 14.6. The Balaban J connectivity index is 1.49. The number of rotatable bonds is 6. The van der Waals surface area contributed by atoms with Crippen LogP contribution in [0.1, 0.15) is 16.1 Å². The van der Waals surface area contributed by atoms with Crippen LogP contribution in [0.4, 0.5) is 5.69 Å². The maximum absolute atomic E-state index is 13.0. The molecule has 0 aliphatic carbocycles. The molecule has 1 saturated heterocycles. The predicted molar refractivity (Wildman–Crippen MR) is 113 cm³/mol. The maximum atomic E-state index is 13.0. The number of nitrogens with zero attached hydrogens (tertiary/aromatic N) is 1. The Bertz CT molecular complexity index is 1060. The van der Waals surface area contributed by atoms with Gasteiger partial charge >= 0.3 is 0 Å². The molecule has 2 amide bonds. The zero-order chi connectivity index (χ0) is 20.9. The van der Waals surface area contributed by atoms with Gasteiger partial charge in [-0.25, -0.2) is 0 Å². The molecule has 1 fully saturated rings. The van der Waals surface area contributed by atoms with Crippen molar-refractivity contribution >= 4 is 40.1 Å². The van der Waals surface area contributed by atoms with Crippen LogP contribution in [0.25, 0.3) is 11.0 Å². The number of carbonyl (C=O) groups is 2. The van der Waals surface area contributed by atoms with Crippen LogP contribution >= 0.6 is 11.6 Å². The van der Waals surface area contributed by atoms with Crippen molar-refractivity contribution in [1.82, 2.24) is 4.90 Å². The Kier molecular flexibility index (Phi) is 6.32. The van der Waals surface area contributed by atoms with Crippen LogP contribution < -0.4 is 5.32 Å². The summed E-state index contributed by atoms with van der Waals surface area (Å²) in [6.45, 7) is 1.93. The monoisotopic (exact) mass is 428 g/mol. The van der Waals surface area contributed by atoms with Gasteiger partial charge in [-0.1, -0.05) is 41.9 Å². The van der Waals surface area contributed by atoms with Crippen molar-refractivity contribution in [2.75, 3.05) is 38.2 Å². The van der Waals surface area contributed by atoms with Gasteiger partial charge in [0.2, 0.25) is 5.76 Å². The summed E-state index contributed by atoms with van der Waals surface area (Å²) in [5.74, 6) is -0.552. The molecule has 156 valence electrons. The Morgan fingerprint density at radius 3 is 2.60 bits per heavy atom. The first-order valence-corrected chi connectivity index (χ1v) is 10.0. The molecule has 30 heavy (non-hydrogen) atoms. The molecule has 0 saturated carbocycles. The molecular formula is C22H21ClN2O5. The van der Waals surface area contributed by atoms with Crippen LogP contribution in [0, 0.1) is 0 Å². The summed E-state index contributed by atoms with van der Waals surface area (Å²) in [6.07, 6.45) is 0. The van der Waals surface area contributed by atoms with Gasteiger partial charge in [0.15, 0.2) is 0 Å². The average molecular weight is 429 g/mol. The fourth-order valence-corrected chi connectivity index (χ4v) is 3.47. The van der Waals surface area contributed by atoms with E-state index in [1.165, 1.54) is 0 Å². The van der Waals surface area contributed by atoms with Gasteiger partial charge in [-0.3, -0.25) is 9.59 Å². The molecule has 0 radical (unpaired) electrons. The van der Waals surface area contributed by atoms with Crippen LogP contribution in [-0.4, -0.2) is 49.6 Å². The molecule has 7 nitrogen and oxygen atoms in total. The Hall–Kier alpha value is -2.87. The number of morpholine rings is 1. The fourth-order valence-electron chi connectivity index (χ4n) is 3.27. The van der Waals surface area contributed by atoms with E-state index >= 15 is 0 Å². The van der Waals surface area contributed by atoms with Crippen molar-refractivity contribution in [1.29, 1.82) is 0 Å². The minimum Gasteiger partial charge on any atom is -0.449 e. The van der Waals surface area contributed by atoms with Crippen molar-refractivity contribution in [2.24, 2.45) is 0 Å². The number of hydrogen-bond donors (Lipinski definition) is 1. The lowest BCUT2D eigenvalue weighted by Crippen LogP contribution is -2.40. The van der Waals surface area contributed by atoms with E-state index in [9.17, 15) is 9.59 Å². The van der Waals surface area contributed by atoms with Gasteiger partial charge < -0.3 is 24.1 Å². The molecule has 8 heteroatoms. The zero-order valence-corrected chi connectivity index (χ0v) is 17.0. The number of carbonyl (C=O) groups excluding carboxylic acids is 2. The minimum absolute atomic E-state index is 0.109. The Labute approximate surface area is 178 Å². The second kappa shape index (κ2) is 9.30. The number of furan rings is 1. The third kappa shape index (κ3) is 4.48. The summed E-state index contributed by atoms with van der Waals surface area (Å²) >= 11 is 6.11. The standard InChI is InChI=1S/C22H21ClN2O5/c23-17-7-3-1-5-15(17)13-29-14-19(26)24-20-16-6-2-4-8-18(16)30-21(20)22(27)25-9-11-28-12-10-25/h1-8H,9-14H2,(H,24,26). The number of halogens is 1. The van der Waals surface area contributed by atoms with Crippen molar-refractivity contribution in [3.05, 3.63) is 64.9 Å². The van der Waals surface area contributed by atoms with Crippen molar-refractivity contribution in [3.8, 4) is 0 Å². The molecule has 3 aromatic rings. The maximum Gasteiger partial charge on any atom is 0.291 e. The van der Waals surface area contributed by atoms with Crippen LogP contribution in [-0.2, 0) is 20.9 Å². The second-order valence-electron chi connectivity index (χ2n) is 6.84. The van der Waals surface area contributed by atoms with Gasteiger partial charge in [-0.15, -0.1) is 0 Å². The molecule has 0 bridgehead atoms. The van der Waals surface area contributed by atoms with Crippen molar-refractivity contribution in [3.63, 3.8) is 0 Å². The van der Waals surface area contributed by atoms with Crippen LogP contribution in [0.3, 0.4) is 0 Å². The van der Waals surface area contributed by atoms with Gasteiger partial charge in [-0.2, -0.15) is 0 Å². The van der Waals surface area contributed by atoms with Gasteiger partial charge in [-0.05, 0) is 23.8 Å². The lowest BCUT2D eigenvalue weighted by Gasteiger charge is -2.26. The summed E-state index contributed by atoms with van der Waals surface area (Å²) in [5.41, 5.74) is 1.68. The van der Waals surface area contributed by atoms with E-state index in [-0.39, 0.29) is 30.8 Å². The van der Waals surface area contributed by atoms with E-state index in [1.54, 1.807) is 23.1 Å². The molecule has 1 N–H and O–H groups in total. The summed E-state index contributed by atoms with van der Waals surface area (Å²) < 4.78 is 16.6. The Morgan fingerprint density at radius 1 is 1.07 bits per heavy atom. The van der Waals surface area contributed by atoms with Crippen LogP contribution in [0.5, 0.6) is 0 Å². The molecule has 4 rings (SSSR count). The lowest BCUT2D eigenvalue weighted by atomic mass is 10.2. The molecular weight excluding hydrogens is 408 g/mol. The number of hydrogen-bond acceptors (Lipinski definition) is 5. The van der Waals surface area contributed by atoms with Gasteiger partial charge in [0.1, 0.15) is 17.9 Å². The molecule has 2 heterocycles. The molecule has 0 spiro atoms. The third-order valence-electron chi connectivity index (χ3n) is 4.80. The fraction of sp³-hybridized carbons (Fsp3) is 0.273. The minimum atomic E-state index is -0.385. The summed E-state index contributed by atoms with van der Waals surface area (Å²) in [6, 6.07) is 14.5. The molecule has 1 aliphatic heterocycles. The smallest absolute Gasteiger partial charge is 0.291 e. The second-order valence-corrected chi connectivity index (χ2v) is 7.25. The third-order valence-corrected chi connectivity index (χ3v) is 5.17. The van der Waals surface area contributed by atoms with Crippen molar-refractivity contribution in [2.45, 2.75) is 6.61 Å². The molecule has 1 aliphatic rings. The number of nitrogens with one attached hydrogen (secondary N) is 1. The van der Waals surface area contributed by atoms with Gasteiger partial charge in [0.05, 0.1) is 19.8 Å². The topological polar surface area (TPSA) is 81.0 Å². The number of amides is 2. The number of ether oxygens (including phenoxy) is 2. The number of fused-ring (bicyclic) bond motifs is 1. The van der Waals surface area contributed by atoms with E-state index in [2.05, 4.69) is 5.32 Å². The summed E-state index contributed by atoms with van der Waals surface area (Å²) in [7, 11) is 0. The van der Waals surface area contributed by atoms with Gasteiger partial charge in [0, 0.05) is 23.5 Å². The lowest BCUT2D eigenvalue weighted by molar-refractivity contribution is -0.121. The first-order valence-electron chi connectivity index (χ1n) is 9.63. The number of benzene rings is 2. The highest BCUT2D eigenvalue weighted by molar-refractivity contribution is 6.31. The largest absolute Gasteiger partial charge is 0.449 e. The van der Waals surface area contributed by atoms with E-state index in [0.717, 1.165) is 5.56 Å². The van der Waals surface area contributed by atoms with E-state index in [0.29, 0.717) is 48.0 Å². The highest BCUT2D eigenvalue weighted by atomic mass is 35.5. The van der Waals surface area contributed by atoms with E-state index in [1.807, 2.05) is 30.3 Å². The van der Waals surface area contributed by atoms with E-state index in [4.69, 9.17) is 25.5 Å². The molecule has 2 aromatic carbocycles. The zero-order valence-electron chi connectivity index (χ0n) is 16.2.